The lowest BCUT2D eigenvalue weighted by molar-refractivity contribution is 0.0704. The van der Waals surface area contributed by atoms with Crippen molar-refractivity contribution in [3.05, 3.63) is 42.4 Å². The van der Waals surface area contributed by atoms with Crippen LogP contribution in [0.5, 0.6) is 0 Å². The van der Waals surface area contributed by atoms with Crippen LogP contribution in [0.4, 0.5) is 0 Å². The predicted molar refractivity (Wildman–Crippen MR) is 82.1 cm³/mol. The molecule has 118 valence electrons. The van der Waals surface area contributed by atoms with E-state index in [9.17, 15) is 0 Å². The Bertz CT molecular complexity index is 589. The molecule has 1 fully saturated rings. The summed E-state index contributed by atoms with van der Waals surface area (Å²) in [6, 6.07) is 2.04. The van der Waals surface area contributed by atoms with Gasteiger partial charge in [-0.1, -0.05) is 0 Å². The first-order valence-corrected chi connectivity index (χ1v) is 8.17. The number of hydrogen-bond acceptors (Lipinski definition) is 4. The van der Waals surface area contributed by atoms with Gasteiger partial charge in [-0.3, -0.25) is 4.90 Å². The highest BCUT2D eigenvalue weighted by Crippen LogP contribution is 2.29. The van der Waals surface area contributed by atoms with Crippen LogP contribution in [0.25, 0.3) is 0 Å². The van der Waals surface area contributed by atoms with Gasteiger partial charge in [0.05, 0.1) is 31.2 Å². The maximum absolute atomic E-state index is 5.95. The lowest BCUT2D eigenvalue weighted by Crippen LogP contribution is -2.30. The molecule has 2 aromatic heterocycles. The topological polar surface area (TPSA) is 43.4 Å². The molecule has 0 amide bonds. The number of fused-ring (bicyclic) bond motifs is 1. The summed E-state index contributed by atoms with van der Waals surface area (Å²) in [7, 11) is 0. The fourth-order valence-electron chi connectivity index (χ4n) is 3.19. The lowest BCUT2D eigenvalue weighted by Gasteiger charge is -2.23. The summed E-state index contributed by atoms with van der Waals surface area (Å²) < 4.78 is 13.4. The highest BCUT2D eigenvalue weighted by atomic mass is 16.5. The Kier molecular flexibility index (Phi) is 3.99. The highest BCUT2D eigenvalue weighted by molar-refractivity contribution is 5.07. The Balaban J connectivity index is 1.42. The number of furan rings is 1. The molecule has 0 radical (unpaired) electrons. The van der Waals surface area contributed by atoms with Gasteiger partial charge >= 0.3 is 0 Å². The van der Waals surface area contributed by atoms with Crippen molar-refractivity contribution in [2.75, 3.05) is 19.8 Å². The first-order chi connectivity index (χ1) is 10.9. The fraction of sp³-hybridized carbons (Fsp3) is 0.588. The van der Waals surface area contributed by atoms with Crippen LogP contribution in [0.15, 0.2) is 35.5 Å². The smallest absolute Gasteiger partial charge is 0.0948 e. The summed E-state index contributed by atoms with van der Waals surface area (Å²) in [5.74, 6) is 1.35. The summed E-state index contributed by atoms with van der Waals surface area (Å²) in [5, 5.41) is 0. The Morgan fingerprint density at radius 1 is 1.23 bits per heavy atom. The maximum atomic E-state index is 5.95. The molecule has 5 nitrogen and oxygen atoms in total. The van der Waals surface area contributed by atoms with Gasteiger partial charge < -0.3 is 13.7 Å². The van der Waals surface area contributed by atoms with Crippen molar-refractivity contribution >= 4 is 0 Å². The van der Waals surface area contributed by atoms with Gasteiger partial charge in [0.2, 0.25) is 0 Å². The quantitative estimate of drug-likeness (QED) is 0.822. The molecule has 0 bridgehead atoms. The normalized spacial score (nSPS) is 22.5. The maximum Gasteiger partial charge on any atom is 0.0948 e. The SMILES string of the molecule is c1cc(CN2Cc3cncn3CC(COCC3CC3)C2)co1. The second kappa shape index (κ2) is 6.26. The van der Waals surface area contributed by atoms with Gasteiger partial charge in [-0.05, 0) is 24.8 Å². The Morgan fingerprint density at radius 3 is 2.95 bits per heavy atom. The van der Waals surface area contributed by atoms with Gasteiger partial charge in [-0.2, -0.15) is 0 Å². The van der Waals surface area contributed by atoms with E-state index in [-0.39, 0.29) is 0 Å². The minimum absolute atomic E-state index is 0.515. The summed E-state index contributed by atoms with van der Waals surface area (Å²) in [6.45, 7) is 5.69. The van der Waals surface area contributed by atoms with E-state index < -0.39 is 0 Å². The van der Waals surface area contributed by atoms with E-state index >= 15 is 0 Å². The van der Waals surface area contributed by atoms with Crippen molar-refractivity contribution in [1.29, 1.82) is 0 Å². The number of nitrogens with zero attached hydrogens (tertiary/aromatic N) is 3. The van der Waals surface area contributed by atoms with Crippen LogP contribution in [0.1, 0.15) is 24.1 Å². The molecule has 0 aromatic carbocycles. The second-order valence-corrected chi connectivity index (χ2v) is 6.69. The molecule has 2 aromatic rings. The summed E-state index contributed by atoms with van der Waals surface area (Å²) in [6.07, 6.45) is 10.2. The largest absolute Gasteiger partial charge is 0.472 e. The average molecular weight is 301 g/mol. The molecule has 22 heavy (non-hydrogen) atoms. The number of hydrogen-bond donors (Lipinski definition) is 0. The van der Waals surface area contributed by atoms with E-state index in [1.807, 2.05) is 24.9 Å². The number of aromatic nitrogens is 2. The molecular formula is C17H23N3O2. The third kappa shape index (κ3) is 3.42. The molecule has 0 saturated heterocycles. The van der Waals surface area contributed by atoms with Crippen molar-refractivity contribution in [2.45, 2.75) is 32.5 Å². The molecule has 4 rings (SSSR count). The number of rotatable bonds is 6. The molecule has 1 aliphatic carbocycles. The van der Waals surface area contributed by atoms with E-state index in [1.165, 1.54) is 24.1 Å². The van der Waals surface area contributed by atoms with Gasteiger partial charge in [0.1, 0.15) is 0 Å². The molecule has 0 spiro atoms. The molecule has 1 unspecified atom stereocenters. The molecule has 2 aliphatic rings. The molecule has 3 heterocycles. The zero-order chi connectivity index (χ0) is 14.8. The van der Waals surface area contributed by atoms with Crippen LogP contribution < -0.4 is 0 Å². The average Bonchev–Trinajstić information content (AvgIpc) is 3.06. The number of imidazole rings is 1. The predicted octanol–water partition coefficient (Wildman–Crippen LogP) is 2.53. The highest BCUT2D eigenvalue weighted by Gasteiger charge is 2.25. The van der Waals surface area contributed by atoms with E-state index in [4.69, 9.17) is 9.15 Å². The van der Waals surface area contributed by atoms with Crippen molar-refractivity contribution in [3.63, 3.8) is 0 Å². The Labute approximate surface area is 130 Å². The summed E-state index contributed by atoms with van der Waals surface area (Å²) >= 11 is 0. The van der Waals surface area contributed by atoms with Crippen molar-refractivity contribution in [2.24, 2.45) is 11.8 Å². The molecule has 1 saturated carbocycles. The molecule has 0 N–H and O–H groups in total. The lowest BCUT2D eigenvalue weighted by atomic mass is 10.1. The van der Waals surface area contributed by atoms with E-state index in [0.717, 1.165) is 45.3 Å². The van der Waals surface area contributed by atoms with E-state index in [1.54, 1.807) is 6.26 Å². The molecule has 1 atom stereocenters. The molecular weight excluding hydrogens is 278 g/mol. The Hall–Kier alpha value is -1.59. The summed E-state index contributed by atoms with van der Waals surface area (Å²) in [5.41, 5.74) is 2.51. The van der Waals surface area contributed by atoms with E-state index in [0.29, 0.717) is 5.92 Å². The summed E-state index contributed by atoms with van der Waals surface area (Å²) in [4.78, 5) is 6.78. The Morgan fingerprint density at radius 2 is 2.14 bits per heavy atom. The molecule has 1 aliphatic heterocycles. The number of ether oxygens (including phenoxy) is 1. The van der Waals surface area contributed by atoms with Crippen LogP contribution in [-0.4, -0.2) is 34.2 Å². The van der Waals surface area contributed by atoms with Crippen molar-refractivity contribution in [3.8, 4) is 0 Å². The van der Waals surface area contributed by atoms with E-state index in [2.05, 4.69) is 14.5 Å². The first-order valence-electron chi connectivity index (χ1n) is 8.17. The van der Waals surface area contributed by atoms with Crippen LogP contribution in [-0.2, 0) is 24.4 Å². The first kappa shape index (κ1) is 14.0. The van der Waals surface area contributed by atoms with Crippen LogP contribution in [0.3, 0.4) is 0 Å². The monoisotopic (exact) mass is 301 g/mol. The second-order valence-electron chi connectivity index (χ2n) is 6.69. The van der Waals surface area contributed by atoms with Crippen LogP contribution in [0, 0.1) is 11.8 Å². The van der Waals surface area contributed by atoms with Crippen molar-refractivity contribution < 1.29 is 9.15 Å². The fourth-order valence-corrected chi connectivity index (χ4v) is 3.19. The molecule has 5 heteroatoms. The zero-order valence-electron chi connectivity index (χ0n) is 12.9. The van der Waals surface area contributed by atoms with Crippen LogP contribution >= 0.6 is 0 Å². The van der Waals surface area contributed by atoms with Gasteiger partial charge in [0.25, 0.3) is 0 Å². The third-order valence-electron chi connectivity index (χ3n) is 4.55. The van der Waals surface area contributed by atoms with Gasteiger partial charge in [-0.15, -0.1) is 0 Å². The van der Waals surface area contributed by atoms with Gasteiger partial charge in [0, 0.05) is 50.5 Å². The van der Waals surface area contributed by atoms with Crippen LogP contribution in [0.2, 0.25) is 0 Å². The minimum atomic E-state index is 0.515. The van der Waals surface area contributed by atoms with Gasteiger partial charge in [0.15, 0.2) is 0 Å². The van der Waals surface area contributed by atoms with Crippen molar-refractivity contribution in [1.82, 2.24) is 14.5 Å². The standard InChI is InChI=1S/C17H23N3O2/c1-2-14(1)10-22-12-16-7-19(6-15-3-4-21-11-15)9-17-5-18-13-20(17)8-16/h3-5,11,13-14,16H,1-2,6-10,12H2. The third-order valence-corrected chi connectivity index (χ3v) is 4.55. The minimum Gasteiger partial charge on any atom is -0.472 e. The van der Waals surface area contributed by atoms with Gasteiger partial charge in [-0.25, -0.2) is 4.98 Å². The zero-order valence-corrected chi connectivity index (χ0v) is 12.9.